The number of rotatable bonds is 6. The fraction of sp³-hybridized carbons (Fsp3) is 0.429. The zero-order valence-corrected chi connectivity index (χ0v) is 13.4. The molecule has 2 amide bonds. The zero-order chi connectivity index (χ0) is 16.0. The van der Waals surface area contributed by atoms with Crippen molar-refractivity contribution in [3.05, 3.63) is 33.8 Å². The van der Waals surface area contributed by atoms with E-state index in [0.29, 0.717) is 16.6 Å². The van der Waals surface area contributed by atoms with E-state index < -0.39 is 12.0 Å². The summed E-state index contributed by atoms with van der Waals surface area (Å²) < 4.78 is 0. The largest absolute Gasteiger partial charge is 0.384 e. The van der Waals surface area contributed by atoms with E-state index in [9.17, 15) is 14.7 Å². The molecule has 21 heavy (non-hydrogen) atoms. The number of amides is 2. The van der Waals surface area contributed by atoms with E-state index in [-0.39, 0.29) is 19.0 Å². The van der Waals surface area contributed by atoms with Gasteiger partial charge in [0.15, 0.2) is 0 Å². The van der Waals surface area contributed by atoms with Gasteiger partial charge in [-0.15, -0.1) is 0 Å². The first-order chi connectivity index (χ1) is 9.81. The van der Waals surface area contributed by atoms with E-state index in [1.54, 1.807) is 18.2 Å². The van der Waals surface area contributed by atoms with E-state index in [0.717, 1.165) is 5.56 Å². The Hall–Kier alpha value is -1.30. The molecular formula is C14H18Cl2N2O3. The third kappa shape index (κ3) is 5.91. The number of hydrogen-bond acceptors (Lipinski definition) is 3. The number of hydrogen-bond donors (Lipinski definition) is 2. The molecule has 0 spiro atoms. The van der Waals surface area contributed by atoms with Gasteiger partial charge in [-0.25, -0.2) is 0 Å². The average Bonchev–Trinajstić information content (AvgIpc) is 2.38. The van der Waals surface area contributed by atoms with E-state index in [2.05, 4.69) is 5.32 Å². The molecule has 0 bridgehead atoms. The summed E-state index contributed by atoms with van der Waals surface area (Å²) >= 11 is 11.9. The van der Waals surface area contributed by atoms with Crippen LogP contribution in [0.15, 0.2) is 18.2 Å². The lowest BCUT2D eigenvalue weighted by molar-refractivity contribution is -0.140. The van der Waals surface area contributed by atoms with Crippen LogP contribution in [0.1, 0.15) is 19.4 Å². The Morgan fingerprint density at radius 3 is 2.57 bits per heavy atom. The van der Waals surface area contributed by atoms with Crippen LogP contribution in [0, 0.1) is 0 Å². The number of aliphatic hydroxyl groups excluding tert-OH is 1. The predicted molar refractivity (Wildman–Crippen MR) is 82.2 cm³/mol. The Morgan fingerprint density at radius 2 is 2.05 bits per heavy atom. The van der Waals surface area contributed by atoms with Crippen LogP contribution in [0.4, 0.5) is 0 Å². The molecule has 0 heterocycles. The summed E-state index contributed by atoms with van der Waals surface area (Å²) in [5.41, 5.74) is 0.720. The highest BCUT2D eigenvalue weighted by atomic mass is 35.5. The SMILES string of the molecule is CC(=O)NCCN(Cc1ccc(Cl)cc1Cl)C(=O)[C@H](C)O. The fourth-order valence-electron chi connectivity index (χ4n) is 1.75. The minimum absolute atomic E-state index is 0.177. The maximum Gasteiger partial charge on any atom is 0.251 e. The first kappa shape index (κ1) is 17.8. The molecule has 2 N–H and O–H groups in total. The summed E-state index contributed by atoms with van der Waals surface area (Å²) in [6.07, 6.45) is -1.12. The van der Waals surface area contributed by atoms with Gasteiger partial charge in [-0.3, -0.25) is 9.59 Å². The molecule has 1 rings (SSSR count). The summed E-state index contributed by atoms with van der Waals surface area (Å²) in [5.74, 6) is -0.602. The Balaban J connectivity index is 2.80. The van der Waals surface area contributed by atoms with Gasteiger partial charge in [0.2, 0.25) is 5.91 Å². The van der Waals surface area contributed by atoms with Crippen molar-refractivity contribution < 1.29 is 14.7 Å². The van der Waals surface area contributed by atoms with Gasteiger partial charge in [0.25, 0.3) is 5.91 Å². The van der Waals surface area contributed by atoms with Crippen LogP contribution in [0.25, 0.3) is 0 Å². The monoisotopic (exact) mass is 332 g/mol. The van der Waals surface area contributed by atoms with Crippen molar-refractivity contribution >= 4 is 35.0 Å². The quantitative estimate of drug-likeness (QED) is 0.835. The number of aliphatic hydroxyl groups is 1. The maximum absolute atomic E-state index is 12.0. The van der Waals surface area contributed by atoms with Crippen molar-refractivity contribution in [2.75, 3.05) is 13.1 Å². The van der Waals surface area contributed by atoms with Gasteiger partial charge >= 0.3 is 0 Å². The third-order valence-electron chi connectivity index (χ3n) is 2.80. The summed E-state index contributed by atoms with van der Waals surface area (Å²) in [7, 11) is 0. The molecule has 1 aromatic rings. The molecule has 5 nitrogen and oxygen atoms in total. The van der Waals surface area contributed by atoms with Gasteiger partial charge in [-0.1, -0.05) is 29.3 Å². The van der Waals surface area contributed by atoms with Gasteiger partial charge < -0.3 is 15.3 Å². The van der Waals surface area contributed by atoms with Crippen LogP contribution in [0.5, 0.6) is 0 Å². The van der Waals surface area contributed by atoms with Crippen LogP contribution in [-0.4, -0.2) is 41.0 Å². The molecular weight excluding hydrogens is 315 g/mol. The van der Waals surface area contributed by atoms with Gasteiger partial charge in [-0.2, -0.15) is 0 Å². The first-order valence-electron chi connectivity index (χ1n) is 6.46. The highest BCUT2D eigenvalue weighted by Crippen LogP contribution is 2.22. The number of nitrogens with one attached hydrogen (secondary N) is 1. The summed E-state index contributed by atoms with van der Waals surface area (Å²) in [6.45, 7) is 3.62. The van der Waals surface area contributed by atoms with Gasteiger partial charge in [0.05, 0.1) is 0 Å². The molecule has 0 aliphatic heterocycles. The second kappa shape index (κ2) is 8.22. The Kier molecular flexibility index (Phi) is 6.95. The smallest absolute Gasteiger partial charge is 0.251 e. The molecule has 0 aliphatic carbocycles. The molecule has 0 fully saturated rings. The lowest BCUT2D eigenvalue weighted by Crippen LogP contribution is -2.41. The minimum atomic E-state index is -1.12. The fourth-order valence-corrected chi connectivity index (χ4v) is 2.22. The van der Waals surface area contributed by atoms with E-state index in [1.807, 2.05) is 0 Å². The standard InChI is InChI=1S/C14H18Cl2N2O3/c1-9(19)14(21)18(6-5-17-10(2)20)8-11-3-4-12(15)7-13(11)16/h3-4,7,9,19H,5-6,8H2,1-2H3,(H,17,20)/t9-/m0/s1. The van der Waals surface area contributed by atoms with Gasteiger partial charge in [0, 0.05) is 36.6 Å². The molecule has 0 aliphatic rings. The molecule has 0 radical (unpaired) electrons. The Morgan fingerprint density at radius 1 is 1.38 bits per heavy atom. The average molecular weight is 333 g/mol. The molecule has 7 heteroatoms. The van der Waals surface area contributed by atoms with Crippen molar-refractivity contribution in [3.8, 4) is 0 Å². The number of halogens is 2. The predicted octanol–water partition coefficient (Wildman–Crippen LogP) is 1.84. The Labute approximate surface area is 133 Å². The van der Waals surface area contributed by atoms with E-state index in [4.69, 9.17) is 23.2 Å². The summed E-state index contributed by atoms with van der Waals surface area (Å²) in [4.78, 5) is 24.3. The first-order valence-corrected chi connectivity index (χ1v) is 7.22. The molecule has 1 aromatic carbocycles. The van der Waals surface area contributed by atoms with E-state index in [1.165, 1.54) is 18.7 Å². The van der Waals surface area contributed by atoms with Crippen LogP contribution in [0.2, 0.25) is 10.0 Å². The second-order valence-corrected chi connectivity index (χ2v) is 5.50. The minimum Gasteiger partial charge on any atom is -0.384 e. The lowest BCUT2D eigenvalue weighted by Gasteiger charge is -2.24. The van der Waals surface area contributed by atoms with Crippen LogP contribution in [-0.2, 0) is 16.1 Å². The van der Waals surface area contributed by atoms with Crippen LogP contribution < -0.4 is 5.32 Å². The number of carbonyl (C=O) groups is 2. The summed E-state index contributed by atoms with van der Waals surface area (Å²) in [5, 5.41) is 13.0. The topological polar surface area (TPSA) is 69.6 Å². The molecule has 0 saturated carbocycles. The highest BCUT2D eigenvalue weighted by Gasteiger charge is 2.19. The van der Waals surface area contributed by atoms with Crippen molar-refractivity contribution in [2.45, 2.75) is 26.5 Å². The normalized spacial score (nSPS) is 11.9. The van der Waals surface area contributed by atoms with Gasteiger partial charge in [0.1, 0.15) is 6.10 Å². The lowest BCUT2D eigenvalue weighted by atomic mass is 10.2. The summed E-state index contributed by atoms with van der Waals surface area (Å²) in [6, 6.07) is 5.00. The van der Waals surface area contributed by atoms with Crippen LogP contribution in [0.3, 0.4) is 0 Å². The molecule has 0 unspecified atom stereocenters. The van der Waals surface area contributed by atoms with Crippen molar-refractivity contribution in [3.63, 3.8) is 0 Å². The van der Waals surface area contributed by atoms with Crippen molar-refractivity contribution in [1.82, 2.24) is 10.2 Å². The highest BCUT2D eigenvalue weighted by molar-refractivity contribution is 6.35. The number of carbonyl (C=O) groups excluding carboxylic acids is 2. The molecule has 116 valence electrons. The maximum atomic E-state index is 12.0. The van der Waals surface area contributed by atoms with Crippen molar-refractivity contribution in [2.24, 2.45) is 0 Å². The van der Waals surface area contributed by atoms with Crippen LogP contribution >= 0.6 is 23.2 Å². The number of benzene rings is 1. The molecule has 0 aromatic heterocycles. The number of nitrogens with zero attached hydrogens (tertiary/aromatic N) is 1. The third-order valence-corrected chi connectivity index (χ3v) is 3.39. The molecule has 1 atom stereocenters. The Bertz CT molecular complexity index is 521. The van der Waals surface area contributed by atoms with Gasteiger partial charge in [-0.05, 0) is 24.6 Å². The van der Waals surface area contributed by atoms with Crippen molar-refractivity contribution in [1.29, 1.82) is 0 Å². The zero-order valence-electron chi connectivity index (χ0n) is 11.9. The molecule has 0 saturated heterocycles. The van der Waals surface area contributed by atoms with E-state index >= 15 is 0 Å². The second-order valence-electron chi connectivity index (χ2n) is 4.65.